The molecule has 0 radical (unpaired) electrons. The summed E-state index contributed by atoms with van der Waals surface area (Å²) in [6.07, 6.45) is 0. The average molecular weight is 501 g/mol. The average Bonchev–Trinajstić information content (AvgIpc) is 2.71. The molecular formula is C19H18NO9S3+. The molecule has 0 bridgehead atoms. The molecule has 170 valence electrons. The molecule has 0 aliphatic rings. The zero-order chi connectivity index (χ0) is 23.9. The molecule has 0 fully saturated rings. The lowest BCUT2D eigenvalue weighted by Gasteiger charge is -2.33. The van der Waals surface area contributed by atoms with Crippen molar-refractivity contribution >= 4 is 47.4 Å². The lowest BCUT2D eigenvalue weighted by Crippen LogP contribution is -2.34. The topological polar surface area (TPSA) is 163 Å². The fourth-order valence-corrected chi connectivity index (χ4v) is 4.77. The summed E-state index contributed by atoms with van der Waals surface area (Å²) in [5.74, 6) is 0. The van der Waals surface area contributed by atoms with Crippen LogP contribution in [0.3, 0.4) is 0 Å². The molecule has 3 rings (SSSR count). The molecule has 13 heteroatoms. The summed E-state index contributed by atoms with van der Waals surface area (Å²) in [5.41, 5.74) is 0.584. The van der Waals surface area contributed by atoms with Crippen LogP contribution < -0.4 is 4.48 Å². The van der Waals surface area contributed by atoms with Crippen LogP contribution in [0.25, 0.3) is 0 Å². The van der Waals surface area contributed by atoms with Crippen molar-refractivity contribution in [3.63, 3.8) is 0 Å². The summed E-state index contributed by atoms with van der Waals surface area (Å²) >= 11 is 0. The van der Waals surface area contributed by atoms with Crippen LogP contribution in [0.2, 0.25) is 0 Å². The normalized spacial score (nSPS) is 13.1. The lowest BCUT2D eigenvalue weighted by atomic mass is 10.1. The third-order valence-corrected chi connectivity index (χ3v) is 7.44. The molecule has 0 spiro atoms. The van der Waals surface area contributed by atoms with Crippen LogP contribution in [0.5, 0.6) is 0 Å². The van der Waals surface area contributed by atoms with Gasteiger partial charge >= 0.3 is 0 Å². The summed E-state index contributed by atoms with van der Waals surface area (Å²) < 4.78 is 98.0. The minimum absolute atomic E-state index is 0.195. The van der Waals surface area contributed by atoms with Gasteiger partial charge in [-0.3, -0.25) is 13.7 Å². The number of hydrogen-bond donors (Lipinski definition) is 3. The maximum atomic E-state index is 11.7. The largest absolute Gasteiger partial charge is 0.294 e. The molecular weight excluding hydrogens is 482 g/mol. The Hall–Kier alpha value is -2.65. The lowest BCUT2D eigenvalue weighted by molar-refractivity contribution is 0.481. The second kappa shape index (κ2) is 8.04. The highest BCUT2D eigenvalue weighted by Crippen LogP contribution is 2.43. The molecule has 0 heterocycles. The Bertz CT molecular complexity index is 1330. The molecule has 0 unspecified atom stereocenters. The molecule has 0 aliphatic heterocycles. The summed E-state index contributed by atoms with van der Waals surface area (Å²) in [6, 6.07) is 15.3. The predicted molar refractivity (Wildman–Crippen MR) is 116 cm³/mol. The molecule has 0 saturated carbocycles. The Labute approximate surface area is 185 Å². The number of benzene rings is 3. The maximum Gasteiger partial charge on any atom is 0.294 e. The number of quaternary nitrogens is 1. The second-order valence-corrected chi connectivity index (χ2v) is 11.2. The van der Waals surface area contributed by atoms with Crippen molar-refractivity contribution in [2.75, 3.05) is 7.05 Å². The van der Waals surface area contributed by atoms with Gasteiger partial charge in [-0.1, -0.05) is 18.2 Å². The van der Waals surface area contributed by atoms with Gasteiger partial charge in [0.1, 0.15) is 17.1 Å². The molecule has 3 N–H and O–H groups in total. The number of hydrogen-bond acceptors (Lipinski definition) is 6. The fraction of sp³-hybridized carbons (Fsp3) is 0.0526. The molecule has 0 atom stereocenters. The minimum atomic E-state index is -4.59. The van der Waals surface area contributed by atoms with Gasteiger partial charge in [-0.2, -0.15) is 25.3 Å². The van der Waals surface area contributed by atoms with Gasteiger partial charge in [0, 0.05) is 36.4 Å². The highest BCUT2D eigenvalue weighted by atomic mass is 32.2. The smallest absolute Gasteiger partial charge is 0.282 e. The molecule has 0 aromatic heterocycles. The molecule has 3 aromatic carbocycles. The molecule has 10 nitrogen and oxygen atoms in total. The monoisotopic (exact) mass is 500 g/mol. The first-order valence-electron chi connectivity index (χ1n) is 8.74. The molecule has 32 heavy (non-hydrogen) atoms. The van der Waals surface area contributed by atoms with Gasteiger partial charge in [0.05, 0.1) is 21.7 Å². The Kier molecular flexibility index (Phi) is 6.03. The van der Waals surface area contributed by atoms with E-state index in [1.165, 1.54) is 43.4 Å². The van der Waals surface area contributed by atoms with Gasteiger partial charge in [0.15, 0.2) is 0 Å². The van der Waals surface area contributed by atoms with Crippen LogP contribution in [0.1, 0.15) is 0 Å². The van der Waals surface area contributed by atoms with Crippen LogP contribution in [-0.4, -0.2) is 46.0 Å². The van der Waals surface area contributed by atoms with Crippen LogP contribution in [0.15, 0.2) is 87.5 Å². The van der Waals surface area contributed by atoms with Crippen LogP contribution in [0, 0.1) is 0 Å². The van der Waals surface area contributed by atoms with E-state index in [-0.39, 0.29) is 17.1 Å². The van der Waals surface area contributed by atoms with E-state index in [1.54, 1.807) is 0 Å². The van der Waals surface area contributed by atoms with Crippen LogP contribution in [-0.2, 0) is 30.4 Å². The van der Waals surface area contributed by atoms with Crippen molar-refractivity contribution in [3.8, 4) is 0 Å². The first kappa shape index (κ1) is 24.0. The molecule has 0 aliphatic carbocycles. The van der Waals surface area contributed by atoms with E-state index < -0.39 is 49.5 Å². The third-order valence-electron chi connectivity index (χ3n) is 4.90. The van der Waals surface area contributed by atoms with Crippen molar-refractivity contribution in [1.29, 1.82) is 0 Å². The van der Waals surface area contributed by atoms with Gasteiger partial charge in [0.25, 0.3) is 30.4 Å². The zero-order valence-electron chi connectivity index (χ0n) is 16.4. The van der Waals surface area contributed by atoms with Gasteiger partial charge < -0.3 is 0 Å². The first-order valence-corrected chi connectivity index (χ1v) is 13.1. The van der Waals surface area contributed by atoms with E-state index in [0.29, 0.717) is 0 Å². The Morgan fingerprint density at radius 1 is 0.531 bits per heavy atom. The van der Waals surface area contributed by atoms with E-state index in [1.807, 2.05) is 0 Å². The van der Waals surface area contributed by atoms with Crippen molar-refractivity contribution in [3.05, 3.63) is 72.8 Å². The highest BCUT2D eigenvalue weighted by molar-refractivity contribution is 7.86. The number of nitrogens with zero attached hydrogens (tertiary/aromatic N) is 1. The minimum Gasteiger partial charge on any atom is -0.282 e. The van der Waals surface area contributed by atoms with E-state index in [4.69, 9.17) is 0 Å². The van der Waals surface area contributed by atoms with Crippen LogP contribution >= 0.6 is 0 Å². The van der Waals surface area contributed by atoms with Gasteiger partial charge in [-0.25, -0.2) is 4.48 Å². The molecule has 0 amide bonds. The van der Waals surface area contributed by atoms with E-state index in [9.17, 15) is 38.9 Å². The zero-order valence-corrected chi connectivity index (χ0v) is 18.8. The van der Waals surface area contributed by atoms with Crippen LogP contribution in [0.4, 0.5) is 17.1 Å². The van der Waals surface area contributed by atoms with Gasteiger partial charge in [-0.05, 0) is 18.2 Å². The van der Waals surface area contributed by atoms with E-state index in [0.717, 1.165) is 36.4 Å². The van der Waals surface area contributed by atoms with Gasteiger partial charge in [-0.15, -0.1) is 0 Å². The standard InChI is InChI=1S/C19H17NO9S3/c1-20(14-5-2-8-17(11-14)30(21,22)23,15-6-3-9-18(12-15)31(24,25)26)16-7-4-10-19(13-16)32(27,28)29/h2-13H,1H3,(H2-,21,22,23,24,25,26,27,28,29)/p+1. The van der Waals surface area contributed by atoms with Crippen molar-refractivity contribution in [2.45, 2.75) is 14.7 Å². The predicted octanol–water partition coefficient (Wildman–Crippen LogP) is 3.03. The fourth-order valence-electron chi connectivity index (χ4n) is 3.21. The third kappa shape index (κ3) is 4.73. The summed E-state index contributed by atoms with van der Waals surface area (Å²) in [6.45, 7) is 0. The van der Waals surface area contributed by atoms with E-state index >= 15 is 0 Å². The SMILES string of the molecule is C[N+](c1cccc(S(=O)(=O)O)c1)(c1cccc(S(=O)(=O)O)c1)c1cccc(S(=O)(=O)O)c1. The summed E-state index contributed by atoms with van der Waals surface area (Å²) in [7, 11) is -12.3. The van der Waals surface area contributed by atoms with Crippen molar-refractivity contribution in [2.24, 2.45) is 0 Å². The summed E-state index contributed by atoms with van der Waals surface area (Å²) in [5, 5.41) is 0. The van der Waals surface area contributed by atoms with Crippen molar-refractivity contribution in [1.82, 2.24) is 4.48 Å². The molecule has 3 aromatic rings. The summed E-state index contributed by atoms with van der Waals surface area (Å²) in [4.78, 5) is -1.34. The Morgan fingerprint density at radius 2 is 0.781 bits per heavy atom. The Morgan fingerprint density at radius 3 is 1.00 bits per heavy atom. The first-order chi connectivity index (χ1) is 14.6. The Balaban J connectivity index is 2.41. The second-order valence-electron chi connectivity index (χ2n) is 6.92. The quantitative estimate of drug-likeness (QED) is 0.341. The molecule has 0 saturated heterocycles. The van der Waals surface area contributed by atoms with Gasteiger partial charge in [0.2, 0.25) is 0 Å². The number of rotatable bonds is 6. The highest BCUT2D eigenvalue weighted by Gasteiger charge is 2.34. The van der Waals surface area contributed by atoms with E-state index in [2.05, 4.69) is 0 Å². The van der Waals surface area contributed by atoms with Crippen molar-refractivity contribution < 1.29 is 38.9 Å². The maximum absolute atomic E-state index is 11.7.